The highest BCUT2D eigenvalue weighted by Crippen LogP contribution is 2.34. The van der Waals surface area contributed by atoms with Crippen LogP contribution in [0.2, 0.25) is 0 Å². The Balaban J connectivity index is 1.25. The molecule has 3 N–H and O–H groups in total. The number of hydrogen-bond donors (Lipinski definition) is 3. The molecule has 2 heterocycles. The number of aromatic nitrogens is 1. The number of hydrogen-bond acceptors (Lipinski definition) is 4. The molecule has 6 nitrogen and oxygen atoms in total. The molecule has 172 valence electrons. The van der Waals surface area contributed by atoms with Gasteiger partial charge in [0.15, 0.2) is 0 Å². The van der Waals surface area contributed by atoms with E-state index in [1.165, 1.54) is 49.6 Å². The summed E-state index contributed by atoms with van der Waals surface area (Å²) in [7, 11) is 0. The maximum Gasteiger partial charge on any atom is 0.407 e. The van der Waals surface area contributed by atoms with Crippen LogP contribution in [0, 0.1) is 0 Å². The van der Waals surface area contributed by atoms with E-state index in [0.29, 0.717) is 18.2 Å². The second-order valence-electron chi connectivity index (χ2n) is 9.79. The van der Waals surface area contributed by atoms with Crippen LogP contribution in [0.5, 0.6) is 5.75 Å². The zero-order valence-electron chi connectivity index (χ0n) is 19.4. The van der Waals surface area contributed by atoms with Crippen LogP contribution >= 0.6 is 0 Å². The molecule has 0 atom stereocenters. The van der Waals surface area contributed by atoms with E-state index in [2.05, 4.69) is 21.4 Å². The number of carbonyl (C=O) groups is 1. The molecule has 0 saturated carbocycles. The molecule has 3 rings (SSSR count). The molecule has 1 fully saturated rings. The number of unbranched alkanes of at least 4 members (excludes halogenated alkanes) is 4. The molecule has 0 spiro atoms. The third-order valence-electron chi connectivity index (χ3n) is 6.04. The number of H-pyrrole nitrogens is 1. The van der Waals surface area contributed by atoms with Crippen LogP contribution in [0.4, 0.5) is 4.79 Å². The molecule has 0 aliphatic carbocycles. The largest absolute Gasteiger partial charge is 0.508 e. The number of nitrogens with zero attached hydrogens (tertiary/aromatic N) is 1. The van der Waals surface area contributed by atoms with E-state index in [1.807, 2.05) is 32.9 Å². The number of nitrogens with one attached hydrogen (secondary N) is 2. The standard InChI is InChI=1S/C25H39N3O3/c1-25(2,3)31-24(30)26-13-7-5-4-6-8-14-28-15-11-19(12-16-28)22-18-27-23-10-9-20(29)17-21(22)23/h9-10,17-19,27,29H,4-8,11-16H2,1-3H3,(H,26,30). The van der Waals surface area contributed by atoms with Gasteiger partial charge in [-0.15, -0.1) is 0 Å². The van der Waals surface area contributed by atoms with Crippen LogP contribution in [0.15, 0.2) is 24.4 Å². The number of amides is 1. The Hall–Kier alpha value is -2.21. The average Bonchev–Trinajstić information content (AvgIpc) is 3.12. The smallest absolute Gasteiger partial charge is 0.407 e. The number of carbonyl (C=O) groups excluding carboxylic acids is 1. The molecule has 0 unspecified atom stereocenters. The van der Waals surface area contributed by atoms with Gasteiger partial charge >= 0.3 is 6.09 Å². The van der Waals surface area contributed by atoms with Gasteiger partial charge in [-0.05, 0) is 95.8 Å². The van der Waals surface area contributed by atoms with E-state index < -0.39 is 5.60 Å². The average molecular weight is 430 g/mol. The van der Waals surface area contributed by atoms with E-state index >= 15 is 0 Å². The fourth-order valence-corrected chi connectivity index (χ4v) is 4.43. The number of aromatic amines is 1. The van der Waals surface area contributed by atoms with Gasteiger partial charge in [-0.3, -0.25) is 0 Å². The van der Waals surface area contributed by atoms with Crippen LogP contribution in [-0.2, 0) is 4.74 Å². The lowest BCUT2D eigenvalue weighted by molar-refractivity contribution is 0.0527. The summed E-state index contributed by atoms with van der Waals surface area (Å²) in [5.41, 5.74) is 2.03. The first-order valence-electron chi connectivity index (χ1n) is 11.8. The van der Waals surface area contributed by atoms with Crippen molar-refractivity contribution in [1.29, 1.82) is 0 Å². The van der Waals surface area contributed by atoms with Crippen molar-refractivity contribution < 1.29 is 14.6 Å². The maximum atomic E-state index is 11.6. The Bertz CT molecular complexity index is 832. The first kappa shape index (κ1) is 23.5. The number of benzene rings is 1. The van der Waals surface area contributed by atoms with Crippen molar-refractivity contribution in [3.8, 4) is 5.75 Å². The van der Waals surface area contributed by atoms with Gasteiger partial charge in [0, 0.05) is 23.6 Å². The predicted octanol–water partition coefficient (Wildman–Crippen LogP) is 5.53. The number of phenolic OH excluding ortho intramolecular Hbond substituents is 1. The van der Waals surface area contributed by atoms with Crippen LogP contribution in [-0.4, -0.2) is 52.9 Å². The maximum absolute atomic E-state index is 11.6. The van der Waals surface area contributed by atoms with E-state index in [-0.39, 0.29) is 6.09 Å². The minimum atomic E-state index is -0.434. The van der Waals surface area contributed by atoms with Crippen molar-refractivity contribution >= 4 is 17.0 Å². The minimum Gasteiger partial charge on any atom is -0.508 e. The number of rotatable bonds is 9. The lowest BCUT2D eigenvalue weighted by Gasteiger charge is -2.32. The van der Waals surface area contributed by atoms with Crippen molar-refractivity contribution in [2.75, 3.05) is 26.2 Å². The van der Waals surface area contributed by atoms with Crippen molar-refractivity contribution in [1.82, 2.24) is 15.2 Å². The Morgan fingerprint density at radius 2 is 1.87 bits per heavy atom. The number of phenols is 1. The SMILES string of the molecule is CC(C)(C)OC(=O)NCCCCCCCN1CCC(c2c[nH]c3ccc(O)cc23)CC1. The van der Waals surface area contributed by atoms with E-state index in [4.69, 9.17) is 4.74 Å². The Morgan fingerprint density at radius 1 is 1.16 bits per heavy atom. The van der Waals surface area contributed by atoms with Gasteiger partial charge in [0.25, 0.3) is 0 Å². The van der Waals surface area contributed by atoms with Crippen LogP contribution in [0.3, 0.4) is 0 Å². The number of likely N-dealkylation sites (tertiary alicyclic amines) is 1. The van der Waals surface area contributed by atoms with Crippen molar-refractivity contribution in [2.24, 2.45) is 0 Å². The minimum absolute atomic E-state index is 0.319. The molecule has 1 aromatic heterocycles. The quantitative estimate of drug-likeness (QED) is 0.458. The zero-order chi connectivity index (χ0) is 22.3. The van der Waals surface area contributed by atoms with Crippen LogP contribution < -0.4 is 5.32 Å². The summed E-state index contributed by atoms with van der Waals surface area (Å²) < 4.78 is 5.24. The Morgan fingerprint density at radius 3 is 2.61 bits per heavy atom. The third kappa shape index (κ3) is 7.46. The highest BCUT2D eigenvalue weighted by Gasteiger charge is 2.22. The number of fused-ring (bicyclic) bond motifs is 1. The lowest BCUT2D eigenvalue weighted by atomic mass is 9.89. The number of aromatic hydroxyl groups is 1. The van der Waals surface area contributed by atoms with Crippen LogP contribution in [0.1, 0.15) is 77.2 Å². The van der Waals surface area contributed by atoms with Gasteiger partial charge in [0.05, 0.1) is 0 Å². The summed E-state index contributed by atoms with van der Waals surface area (Å²) in [6.07, 6.45) is 10.0. The second-order valence-corrected chi connectivity index (χ2v) is 9.79. The van der Waals surface area contributed by atoms with Gasteiger partial charge < -0.3 is 25.0 Å². The second kappa shape index (κ2) is 10.9. The Labute approximate surface area is 186 Å². The normalized spacial score (nSPS) is 16.0. The first-order chi connectivity index (χ1) is 14.8. The molecular formula is C25H39N3O3. The van der Waals surface area contributed by atoms with E-state index in [0.717, 1.165) is 31.4 Å². The summed E-state index contributed by atoms with van der Waals surface area (Å²) in [5, 5.41) is 13.8. The monoisotopic (exact) mass is 429 g/mol. The summed E-state index contributed by atoms with van der Waals surface area (Å²) in [5.74, 6) is 0.913. The molecule has 1 aromatic carbocycles. The van der Waals surface area contributed by atoms with Crippen molar-refractivity contribution in [2.45, 2.75) is 77.2 Å². The molecule has 1 amide bonds. The first-order valence-corrected chi connectivity index (χ1v) is 11.8. The zero-order valence-corrected chi connectivity index (χ0v) is 19.4. The van der Waals surface area contributed by atoms with Crippen molar-refractivity contribution in [3.05, 3.63) is 30.0 Å². The van der Waals surface area contributed by atoms with E-state index in [9.17, 15) is 9.90 Å². The molecule has 6 heteroatoms. The number of piperidine rings is 1. The van der Waals surface area contributed by atoms with Crippen LogP contribution in [0.25, 0.3) is 10.9 Å². The van der Waals surface area contributed by atoms with Gasteiger partial charge in [0.2, 0.25) is 0 Å². The van der Waals surface area contributed by atoms with Gasteiger partial charge in [-0.25, -0.2) is 4.79 Å². The summed E-state index contributed by atoms with van der Waals surface area (Å²) in [4.78, 5) is 17.5. The van der Waals surface area contributed by atoms with Gasteiger partial charge in [-0.2, -0.15) is 0 Å². The fraction of sp³-hybridized carbons (Fsp3) is 0.640. The molecule has 31 heavy (non-hydrogen) atoms. The number of ether oxygens (including phenoxy) is 1. The molecule has 0 bridgehead atoms. The fourth-order valence-electron chi connectivity index (χ4n) is 4.43. The molecule has 2 aromatic rings. The molecule has 1 saturated heterocycles. The van der Waals surface area contributed by atoms with E-state index in [1.54, 1.807) is 6.07 Å². The lowest BCUT2D eigenvalue weighted by Crippen LogP contribution is -2.33. The summed E-state index contributed by atoms with van der Waals surface area (Å²) in [6, 6.07) is 5.58. The molecule has 0 radical (unpaired) electrons. The molecule has 1 aliphatic rings. The van der Waals surface area contributed by atoms with Gasteiger partial charge in [0.1, 0.15) is 11.4 Å². The number of alkyl carbamates (subject to hydrolysis) is 1. The third-order valence-corrected chi connectivity index (χ3v) is 6.04. The summed E-state index contributed by atoms with van der Waals surface area (Å²) >= 11 is 0. The predicted molar refractivity (Wildman–Crippen MR) is 126 cm³/mol. The molecule has 1 aliphatic heterocycles. The highest BCUT2D eigenvalue weighted by molar-refractivity contribution is 5.85. The van der Waals surface area contributed by atoms with Gasteiger partial charge in [-0.1, -0.05) is 19.3 Å². The summed E-state index contributed by atoms with van der Waals surface area (Å²) in [6.45, 7) is 9.80. The van der Waals surface area contributed by atoms with Crippen molar-refractivity contribution in [3.63, 3.8) is 0 Å². The topological polar surface area (TPSA) is 77.6 Å². The highest BCUT2D eigenvalue weighted by atomic mass is 16.6. The molecular weight excluding hydrogens is 390 g/mol. The Kier molecular flexibility index (Phi) is 8.24.